The van der Waals surface area contributed by atoms with Crippen molar-refractivity contribution in [3.63, 3.8) is 0 Å². The second-order valence-electron chi connectivity index (χ2n) is 1.50. The fourth-order valence-corrected chi connectivity index (χ4v) is 0.551. The number of nitrogens with zero attached hydrogens (tertiary/aromatic N) is 2. The van der Waals surface area contributed by atoms with E-state index in [0.29, 0.717) is 0 Å². The third-order valence-corrected chi connectivity index (χ3v) is 1.13. The monoisotopic (exact) mass is 162 g/mol. The summed E-state index contributed by atoms with van der Waals surface area (Å²) < 4.78 is 16.9. The van der Waals surface area contributed by atoms with E-state index in [2.05, 4.69) is 14.7 Å². The maximum atomic E-state index is 12.3. The zero-order valence-corrected chi connectivity index (χ0v) is 5.89. The lowest BCUT2D eigenvalue weighted by Gasteiger charge is -1.95. The third kappa shape index (κ3) is 1.33. The van der Waals surface area contributed by atoms with E-state index in [4.69, 9.17) is 11.6 Å². The van der Waals surface area contributed by atoms with Crippen molar-refractivity contribution in [2.45, 2.75) is 0 Å². The first-order valence-electron chi connectivity index (χ1n) is 2.46. The van der Waals surface area contributed by atoms with Crippen LogP contribution in [-0.4, -0.2) is 17.1 Å². The molecule has 3 nitrogen and oxygen atoms in total. The Balaban J connectivity index is 3.04. The van der Waals surface area contributed by atoms with Crippen LogP contribution in [0.4, 0.5) is 4.39 Å². The molecule has 0 aliphatic carbocycles. The molecular formula is C5H4ClFN2O. The van der Waals surface area contributed by atoms with Gasteiger partial charge in [-0.1, -0.05) is 11.6 Å². The van der Waals surface area contributed by atoms with Crippen LogP contribution in [0.3, 0.4) is 0 Å². The summed E-state index contributed by atoms with van der Waals surface area (Å²) in [6, 6.07) is 0.0615. The molecule has 1 rings (SSSR count). The van der Waals surface area contributed by atoms with Gasteiger partial charge < -0.3 is 4.74 Å². The van der Waals surface area contributed by atoms with Crippen LogP contribution >= 0.6 is 11.6 Å². The summed E-state index contributed by atoms with van der Waals surface area (Å²) in [5.74, 6) is -0.650. The van der Waals surface area contributed by atoms with Gasteiger partial charge in [-0.25, -0.2) is 9.37 Å². The van der Waals surface area contributed by atoms with Crippen molar-refractivity contribution < 1.29 is 9.13 Å². The molecule has 0 radical (unpaired) electrons. The van der Waals surface area contributed by atoms with Gasteiger partial charge in [0.15, 0.2) is 11.0 Å². The van der Waals surface area contributed by atoms with Crippen LogP contribution in [0.5, 0.6) is 6.01 Å². The predicted octanol–water partition coefficient (Wildman–Crippen LogP) is 1.28. The summed E-state index contributed by atoms with van der Waals surface area (Å²) in [6.45, 7) is 0. The van der Waals surface area contributed by atoms with Gasteiger partial charge in [-0.3, -0.25) is 0 Å². The average Bonchev–Trinajstić information content (AvgIpc) is 1.95. The summed E-state index contributed by atoms with van der Waals surface area (Å²) in [4.78, 5) is 6.91. The van der Waals surface area contributed by atoms with E-state index in [1.54, 1.807) is 0 Å². The SMILES string of the molecule is COc1ncc(F)c(Cl)n1. The van der Waals surface area contributed by atoms with Crippen LogP contribution in [0, 0.1) is 5.82 Å². The number of rotatable bonds is 1. The van der Waals surface area contributed by atoms with Crippen molar-refractivity contribution >= 4 is 11.6 Å². The largest absolute Gasteiger partial charge is 0.467 e. The van der Waals surface area contributed by atoms with E-state index in [0.717, 1.165) is 6.20 Å². The van der Waals surface area contributed by atoms with Gasteiger partial charge in [0.1, 0.15) is 0 Å². The van der Waals surface area contributed by atoms with Crippen LogP contribution in [-0.2, 0) is 0 Å². The lowest BCUT2D eigenvalue weighted by Crippen LogP contribution is -1.93. The minimum atomic E-state index is -0.650. The van der Waals surface area contributed by atoms with E-state index in [-0.39, 0.29) is 11.2 Å². The number of hydrogen-bond acceptors (Lipinski definition) is 3. The molecule has 0 saturated carbocycles. The van der Waals surface area contributed by atoms with Crippen LogP contribution in [0.2, 0.25) is 5.15 Å². The van der Waals surface area contributed by atoms with Crippen LogP contribution in [0.15, 0.2) is 6.20 Å². The molecule has 0 fully saturated rings. The minimum absolute atomic E-state index is 0.0615. The second-order valence-corrected chi connectivity index (χ2v) is 1.85. The lowest BCUT2D eigenvalue weighted by atomic mass is 10.6. The Labute approximate surface area is 61.8 Å². The first-order valence-corrected chi connectivity index (χ1v) is 2.84. The fraction of sp³-hybridized carbons (Fsp3) is 0.200. The lowest BCUT2D eigenvalue weighted by molar-refractivity contribution is 0.376. The highest BCUT2D eigenvalue weighted by atomic mass is 35.5. The molecule has 1 aromatic rings. The molecule has 54 valence electrons. The molecule has 0 unspecified atom stereocenters. The Kier molecular flexibility index (Phi) is 2.01. The summed E-state index contributed by atoms with van der Waals surface area (Å²) >= 11 is 5.29. The van der Waals surface area contributed by atoms with E-state index in [1.165, 1.54) is 7.11 Å². The van der Waals surface area contributed by atoms with Crippen molar-refractivity contribution in [1.82, 2.24) is 9.97 Å². The number of methoxy groups -OCH3 is 1. The number of aromatic nitrogens is 2. The predicted molar refractivity (Wildman–Crippen MR) is 33.6 cm³/mol. The standard InChI is InChI=1S/C5H4ClFN2O/c1-10-5-8-2-3(7)4(6)9-5/h2H,1H3. The second kappa shape index (κ2) is 2.79. The highest BCUT2D eigenvalue weighted by Crippen LogP contribution is 2.11. The molecule has 0 saturated heterocycles. The number of ether oxygens (including phenoxy) is 1. The van der Waals surface area contributed by atoms with Gasteiger partial charge in [-0.05, 0) is 0 Å². The molecule has 5 heteroatoms. The topological polar surface area (TPSA) is 35.0 Å². The highest BCUT2D eigenvalue weighted by molar-refractivity contribution is 6.29. The summed E-state index contributed by atoms with van der Waals surface area (Å²) in [6.07, 6.45) is 0.953. The molecule has 0 aliphatic heterocycles. The van der Waals surface area contributed by atoms with Gasteiger partial charge in [-0.15, -0.1) is 0 Å². The first-order chi connectivity index (χ1) is 4.74. The minimum Gasteiger partial charge on any atom is -0.467 e. The van der Waals surface area contributed by atoms with Gasteiger partial charge in [0, 0.05) is 0 Å². The molecule has 0 amide bonds. The summed E-state index contributed by atoms with van der Waals surface area (Å²) in [5.41, 5.74) is 0. The molecule has 0 aromatic carbocycles. The van der Waals surface area contributed by atoms with Gasteiger partial charge >= 0.3 is 6.01 Å². The summed E-state index contributed by atoms with van der Waals surface area (Å²) in [5, 5.41) is -0.230. The molecule has 1 heterocycles. The number of hydrogen-bond donors (Lipinski definition) is 0. The zero-order chi connectivity index (χ0) is 7.56. The molecule has 0 bridgehead atoms. The van der Waals surface area contributed by atoms with Crippen molar-refractivity contribution in [1.29, 1.82) is 0 Å². The highest BCUT2D eigenvalue weighted by Gasteiger charge is 2.02. The summed E-state index contributed by atoms with van der Waals surface area (Å²) in [7, 11) is 1.38. The molecule has 0 aliphatic rings. The molecule has 0 N–H and O–H groups in total. The Morgan fingerprint density at radius 2 is 2.40 bits per heavy atom. The van der Waals surface area contributed by atoms with Crippen LogP contribution in [0.25, 0.3) is 0 Å². The Morgan fingerprint density at radius 1 is 1.70 bits per heavy atom. The van der Waals surface area contributed by atoms with E-state index in [1.807, 2.05) is 0 Å². The van der Waals surface area contributed by atoms with Crippen molar-refractivity contribution in [2.75, 3.05) is 7.11 Å². The Morgan fingerprint density at radius 3 is 2.90 bits per heavy atom. The molecular weight excluding hydrogens is 159 g/mol. The van der Waals surface area contributed by atoms with Crippen LogP contribution in [0.1, 0.15) is 0 Å². The molecule has 1 aromatic heterocycles. The van der Waals surface area contributed by atoms with Gasteiger partial charge in [0.25, 0.3) is 0 Å². The maximum Gasteiger partial charge on any atom is 0.317 e. The Bertz CT molecular complexity index is 243. The average molecular weight is 163 g/mol. The van der Waals surface area contributed by atoms with Gasteiger partial charge in [-0.2, -0.15) is 4.98 Å². The van der Waals surface area contributed by atoms with Crippen molar-refractivity contribution in [2.24, 2.45) is 0 Å². The maximum absolute atomic E-state index is 12.3. The van der Waals surface area contributed by atoms with Crippen LogP contribution < -0.4 is 4.74 Å². The van der Waals surface area contributed by atoms with Gasteiger partial charge in [0.05, 0.1) is 13.3 Å². The fourth-order valence-electron chi connectivity index (χ4n) is 0.430. The molecule has 0 spiro atoms. The third-order valence-electron chi connectivity index (χ3n) is 0.862. The van der Waals surface area contributed by atoms with Crippen molar-refractivity contribution in [3.05, 3.63) is 17.2 Å². The van der Waals surface area contributed by atoms with E-state index in [9.17, 15) is 4.39 Å². The first kappa shape index (κ1) is 7.21. The smallest absolute Gasteiger partial charge is 0.317 e. The normalized spacial score (nSPS) is 9.50. The zero-order valence-electron chi connectivity index (χ0n) is 5.14. The Hall–Kier alpha value is -0.900. The molecule has 10 heavy (non-hydrogen) atoms. The van der Waals surface area contributed by atoms with Crippen molar-refractivity contribution in [3.8, 4) is 6.01 Å². The van der Waals surface area contributed by atoms with Gasteiger partial charge in [0.2, 0.25) is 0 Å². The quantitative estimate of drug-likeness (QED) is 0.584. The van der Waals surface area contributed by atoms with E-state index >= 15 is 0 Å². The number of halogens is 2. The molecule has 0 atom stereocenters. The van der Waals surface area contributed by atoms with E-state index < -0.39 is 5.82 Å².